The summed E-state index contributed by atoms with van der Waals surface area (Å²) >= 11 is 0. The zero-order chi connectivity index (χ0) is 25.6. The molecule has 198 valence electrons. The van der Waals surface area contributed by atoms with Crippen molar-refractivity contribution in [2.45, 2.75) is 110 Å². The Bertz CT molecular complexity index is 950. The fourth-order valence-electron chi connectivity index (χ4n) is 4.64. The highest BCUT2D eigenvalue weighted by Crippen LogP contribution is 2.37. The standard InChI is InChI=1S/C29H42FN3O3/c1-3-5-7-9-11-13-18-35-22-20-31-28(32-21-22)26-23-16-15-17-24(34)25(23)27(30)33-29(26)36-19-14-12-10-8-6-4-2/h20-21H,3-19H2,1-2H3. The molecule has 0 bridgehead atoms. The van der Waals surface area contributed by atoms with Crippen LogP contribution in [0.1, 0.15) is 120 Å². The van der Waals surface area contributed by atoms with Gasteiger partial charge in [0.25, 0.3) is 0 Å². The first-order valence-electron chi connectivity index (χ1n) is 14.0. The SMILES string of the molecule is CCCCCCCCOc1cnc(-c2c(OCCCCCCCC)nc(F)c3c2CCCC3=O)nc1. The number of carbonyl (C=O) groups excluding carboxylic acids is 1. The summed E-state index contributed by atoms with van der Waals surface area (Å²) in [5, 5.41) is 0. The summed E-state index contributed by atoms with van der Waals surface area (Å²) in [5.74, 6) is 0.189. The van der Waals surface area contributed by atoms with E-state index in [1.807, 2.05) is 0 Å². The van der Waals surface area contributed by atoms with Crippen molar-refractivity contribution in [1.29, 1.82) is 0 Å². The van der Waals surface area contributed by atoms with Crippen LogP contribution < -0.4 is 9.47 Å². The Hall–Kier alpha value is -2.57. The molecule has 1 aliphatic carbocycles. The summed E-state index contributed by atoms with van der Waals surface area (Å²) in [6, 6.07) is 0. The van der Waals surface area contributed by atoms with Crippen molar-refractivity contribution in [3.05, 3.63) is 29.5 Å². The second-order valence-electron chi connectivity index (χ2n) is 9.69. The van der Waals surface area contributed by atoms with Crippen molar-refractivity contribution < 1.29 is 18.7 Å². The number of pyridine rings is 1. The zero-order valence-corrected chi connectivity index (χ0v) is 22.1. The van der Waals surface area contributed by atoms with Gasteiger partial charge in [-0.05, 0) is 31.2 Å². The molecule has 36 heavy (non-hydrogen) atoms. The molecular formula is C29H42FN3O3. The molecule has 0 saturated carbocycles. The first-order valence-corrected chi connectivity index (χ1v) is 14.0. The van der Waals surface area contributed by atoms with Gasteiger partial charge in [-0.15, -0.1) is 0 Å². The van der Waals surface area contributed by atoms with E-state index in [-0.39, 0.29) is 17.2 Å². The highest BCUT2D eigenvalue weighted by Gasteiger charge is 2.30. The Morgan fingerprint density at radius 1 is 0.778 bits per heavy atom. The van der Waals surface area contributed by atoms with Crippen LogP contribution in [0.15, 0.2) is 12.4 Å². The Kier molecular flexibility index (Phi) is 12.1. The zero-order valence-electron chi connectivity index (χ0n) is 22.1. The molecule has 3 rings (SSSR count). The number of hydrogen-bond acceptors (Lipinski definition) is 6. The van der Waals surface area contributed by atoms with Crippen LogP contribution in [0.3, 0.4) is 0 Å². The summed E-state index contributed by atoms with van der Waals surface area (Å²) in [7, 11) is 0. The fraction of sp³-hybridized carbons (Fsp3) is 0.655. The molecule has 0 N–H and O–H groups in total. The molecule has 0 radical (unpaired) electrons. The van der Waals surface area contributed by atoms with Gasteiger partial charge in [0.2, 0.25) is 11.8 Å². The van der Waals surface area contributed by atoms with Crippen LogP contribution in [-0.4, -0.2) is 33.9 Å². The van der Waals surface area contributed by atoms with Gasteiger partial charge < -0.3 is 9.47 Å². The summed E-state index contributed by atoms with van der Waals surface area (Å²) in [6.45, 7) is 5.48. The molecule has 0 atom stereocenters. The number of aromatic nitrogens is 3. The van der Waals surface area contributed by atoms with Crippen LogP contribution in [0.5, 0.6) is 11.6 Å². The molecule has 0 spiro atoms. The van der Waals surface area contributed by atoms with Gasteiger partial charge in [0.05, 0.1) is 36.7 Å². The molecule has 2 aromatic rings. The van der Waals surface area contributed by atoms with Crippen molar-refractivity contribution in [2.24, 2.45) is 0 Å². The number of nitrogens with zero attached hydrogens (tertiary/aromatic N) is 3. The maximum atomic E-state index is 14.9. The van der Waals surface area contributed by atoms with Crippen molar-refractivity contribution in [2.75, 3.05) is 13.2 Å². The molecular weight excluding hydrogens is 457 g/mol. The molecule has 0 unspecified atom stereocenters. The number of ether oxygens (including phenoxy) is 2. The summed E-state index contributed by atoms with van der Waals surface area (Å²) in [6.07, 6.45) is 18.8. The Morgan fingerprint density at radius 3 is 2.00 bits per heavy atom. The molecule has 0 fully saturated rings. The van der Waals surface area contributed by atoms with E-state index in [0.29, 0.717) is 55.2 Å². The van der Waals surface area contributed by atoms with Crippen molar-refractivity contribution in [1.82, 2.24) is 15.0 Å². The summed E-state index contributed by atoms with van der Waals surface area (Å²) in [5.41, 5.74) is 1.21. The van der Waals surface area contributed by atoms with E-state index in [4.69, 9.17) is 9.47 Å². The van der Waals surface area contributed by atoms with Crippen molar-refractivity contribution >= 4 is 5.78 Å². The van der Waals surface area contributed by atoms with E-state index in [2.05, 4.69) is 28.8 Å². The predicted octanol–water partition coefficient (Wildman–Crippen LogP) is 7.68. The van der Waals surface area contributed by atoms with Crippen LogP contribution >= 0.6 is 0 Å². The molecule has 6 nitrogen and oxygen atoms in total. The van der Waals surface area contributed by atoms with Crippen LogP contribution in [0.2, 0.25) is 0 Å². The second kappa shape index (κ2) is 15.5. The lowest BCUT2D eigenvalue weighted by Crippen LogP contribution is -2.18. The van der Waals surface area contributed by atoms with Gasteiger partial charge in [-0.1, -0.05) is 78.1 Å². The Morgan fingerprint density at radius 2 is 1.36 bits per heavy atom. The molecule has 0 saturated heterocycles. The van der Waals surface area contributed by atoms with Gasteiger partial charge in [-0.2, -0.15) is 9.37 Å². The van der Waals surface area contributed by atoms with Crippen LogP contribution in [0, 0.1) is 5.95 Å². The minimum atomic E-state index is -0.754. The molecule has 2 heterocycles. The van der Waals surface area contributed by atoms with Gasteiger partial charge >= 0.3 is 0 Å². The predicted molar refractivity (Wildman–Crippen MR) is 140 cm³/mol. The van der Waals surface area contributed by atoms with E-state index in [0.717, 1.165) is 32.1 Å². The third-order valence-corrected chi connectivity index (χ3v) is 6.69. The lowest BCUT2D eigenvalue weighted by molar-refractivity contribution is 0.0967. The summed E-state index contributed by atoms with van der Waals surface area (Å²) < 4.78 is 26.6. The average molecular weight is 500 g/mol. The monoisotopic (exact) mass is 499 g/mol. The minimum Gasteiger partial charge on any atom is -0.490 e. The Balaban J connectivity index is 1.69. The molecule has 1 aliphatic rings. The highest BCUT2D eigenvalue weighted by molar-refractivity contribution is 6.00. The van der Waals surface area contributed by atoms with E-state index in [1.54, 1.807) is 12.4 Å². The van der Waals surface area contributed by atoms with Crippen LogP contribution in [0.4, 0.5) is 4.39 Å². The number of carbonyl (C=O) groups is 1. The number of Topliss-reactive ketones (excluding diaryl/α,β-unsaturated/α-hetero) is 1. The van der Waals surface area contributed by atoms with E-state index in [9.17, 15) is 9.18 Å². The van der Waals surface area contributed by atoms with Crippen molar-refractivity contribution in [3.63, 3.8) is 0 Å². The number of ketones is 1. The third kappa shape index (κ3) is 8.24. The lowest BCUT2D eigenvalue weighted by Gasteiger charge is -2.20. The number of rotatable bonds is 17. The average Bonchev–Trinajstić information content (AvgIpc) is 2.88. The smallest absolute Gasteiger partial charge is 0.227 e. The number of hydrogen-bond donors (Lipinski definition) is 0. The highest BCUT2D eigenvalue weighted by atomic mass is 19.1. The molecule has 0 aliphatic heterocycles. The fourth-order valence-corrected chi connectivity index (χ4v) is 4.64. The topological polar surface area (TPSA) is 74.2 Å². The van der Waals surface area contributed by atoms with Crippen LogP contribution in [-0.2, 0) is 6.42 Å². The van der Waals surface area contributed by atoms with Gasteiger partial charge in [-0.25, -0.2) is 9.97 Å². The largest absolute Gasteiger partial charge is 0.490 e. The third-order valence-electron chi connectivity index (χ3n) is 6.69. The lowest BCUT2D eigenvalue weighted by atomic mass is 9.88. The van der Waals surface area contributed by atoms with Crippen LogP contribution in [0.25, 0.3) is 11.4 Å². The first kappa shape index (κ1) is 28.0. The van der Waals surface area contributed by atoms with E-state index >= 15 is 0 Å². The Labute approximate surface area is 215 Å². The minimum absolute atomic E-state index is 0.0650. The van der Waals surface area contributed by atoms with E-state index in [1.165, 1.54) is 44.9 Å². The molecule has 7 heteroatoms. The van der Waals surface area contributed by atoms with Crippen molar-refractivity contribution in [3.8, 4) is 23.0 Å². The molecule has 0 amide bonds. The first-order chi connectivity index (χ1) is 17.7. The molecule has 2 aromatic heterocycles. The normalized spacial score (nSPS) is 13.0. The number of unbranched alkanes of at least 4 members (excludes halogenated alkanes) is 10. The maximum Gasteiger partial charge on any atom is 0.227 e. The quantitative estimate of drug-likeness (QED) is 0.164. The van der Waals surface area contributed by atoms with Gasteiger partial charge in [0, 0.05) is 6.42 Å². The van der Waals surface area contributed by atoms with Gasteiger partial charge in [0.15, 0.2) is 17.4 Å². The van der Waals surface area contributed by atoms with Gasteiger partial charge in [-0.3, -0.25) is 4.79 Å². The maximum absolute atomic E-state index is 14.9. The number of fused-ring (bicyclic) bond motifs is 1. The van der Waals surface area contributed by atoms with E-state index < -0.39 is 5.95 Å². The number of halogens is 1. The second-order valence-corrected chi connectivity index (χ2v) is 9.69. The summed E-state index contributed by atoms with van der Waals surface area (Å²) in [4.78, 5) is 25.5. The van der Waals surface area contributed by atoms with Gasteiger partial charge in [0.1, 0.15) is 0 Å². The molecule has 0 aromatic carbocycles.